The third-order valence-corrected chi connectivity index (χ3v) is 3.51. The lowest BCUT2D eigenvalue weighted by atomic mass is 10.1. The van der Waals surface area contributed by atoms with E-state index in [9.17, 15) is 5.11 Å². The van der Waals surface area contributed by atoms with Crippen LogP contribution < -0.4 is 5.73 Å². The average molecular weight is 264 g/mol. The highest BCUT2D eigenvalue weighted by Crippen LogP contribution is 2.20. The highest BCUT2D eigenvalue weighted by molar-refractivity contribution is 5.41. The van der Waals surface area contributed by atoms with Crippen LogP contribution in [0.1, 0.15) is 31.9 Å². The first kappa shape index (κ1) is 14.3. The van der Waals surface area contributed by atoms with Crippen LogP contribution in [0.15, 0.2) is 24.3 Å². The van der Waals surface area contributed by atoms with Crippen LogP contribution in [0.2, 0.25) is 0 Å². The number of anilines is 1. The Bertz CT molecular complexity index is 401. The second kappa shape index (κ2) is 6.37. The van der Waals surface area contributed by atoms with Crippen molar-refractivity contribution >= 4 is 5.69 Å². The number of benzene rings is 1. The van der Waals surface area contributed by atoms with Gasteiger partial charge in [0, 0.05) is 25.3 Å². The van der Waals surface area contributed by atoms with Crippen molar-refractivity contribution in [2.75, 3.05) is 25.4 Å². The zero-order chi connectivity index (χ0) is 13.8. The smallest absolute Gasteiger partial charge is 0.0803 e. The molecule has 1 fully saturated rings. The van der Waals surface area contributed by atoms with Crippen LogP contribution in [-0.4, -0.2) is 41.8 Å². The van der Waals surface area contributed by atoms with Gasteiger partial charge in [-0.1, -0.05) is 12.1 Å². The zero-order valence-electron chi connectivity index (χ0n) is 11.7. The highest BCUT2D eigenvalue weighted by Gasteiger charge is 2.22. The van der Waals surface area contributed by atoms with Crippen molar-refractivity contribution in [3.05, 3.63) is 29.8 Å². The van der Waals surface area contributed by atoms with Gasteiger partial charge in [-0.25, -0.2) is 0 Å². The summed E-state index contributed by atoms with van der Waals surface area (Å²) in [6.07, 6.45) is 0.821. The molecule has 1 aromatic carbocycles. The van der Waals surface area contributed by atoms with Crippen LogP contribution in [0.3, 0.4) is 0 Å². The highest BCUT2D eigenvalue weighted by atomic mass is 16.5. The van der Waals surface area contributed by atoms with E-state index in [0.717, 1.165) is 31.6 Å². The Labute approximate surface area is 115 Å². The summed E-state index contributed by atoms with van der Waals surface area (Å²) in [5, 5.41) is 10.2. The number of hydrogen-bond donors (Lipinski definition) is 2. The van der Waals surface area contributed by atoms with E-state index >= 15 is 0 Å². The Morgan fingerprint density at radius 3 is 2.68 bits per heavy atom. The molecule has 1 aromatic rings. The number of hydrogen-bond acceptors (Lipinski definition) is 4. The summed E-state index contributed by atoms with van der Waals surface area (Å²) < 4.78 is 5.70. The third-order valence-electron chi connectivity index (χ3n) is 3.51. The van der Waals surface area contributed by atoms with E-state index in [-0.39, 0.29) is 12.2 Å². The van der Waals surface area contributed by atoms with Crippen LogP contribution in [-0.2, 0) is 4.74 Å². The molecule has 3 N–H and O–H groups in total. The summed E-state index contributed by atoms with van der Waals surface area (Å²) in [6.45, 7) is 6.95. The predicted octanol–water partition coefficient (Wildman–Crippen LogP) is 1.80. The number of morpholine rings is 1. The molecule has 3 unspecified atom stereocenters. The van der Waals surface area contributed by atoms with Crippen LogP contribution in [0, 0.1) is 0 Å². The largest absolute Gasteiger partial charge is 0.399 e. The molecule has 3 atom stereocenters. The quantitative estimate of drug-likeness (QED) is 0.814. The van der Waals surface area contributed by atoms with Gasteiger partial charge in [0.05, 0.1) is 18.3 Å². The molecule has 2 rings (SSSR count). The monoisotopic (exact) mass is 264 g/mol. The van der Waals surface area contributed by atoms with Crippen LogP contribution >= 0.6 is 0 Å². The van der Waals surface area contributed by atoms with Gasteiger partial charge in [-0.3, -0.25) is 4.90 Å². The molecule has 106 valence electrons. The second-order valence-corrected chi connectivity index (χ2v) is 5.49. The van der Waals surface area contributed by atoms with Crippen LogP contribution in [0.25, 0.3) is 0 Å². The fraction of sp³-hybridized carbons (Fsp3) is 0.600. The fourth-order valence-corrected chi connectivity index (χ4v) is 2.70. The van der Waals surface area contributed by atoms with Gasteiger partial charge in [-0.2, -0.15) is 0 Å². The van der Waals surface area contributed by atoms with Crippen molar-refractivity contribution < 1.29 is 9.84 Å². The van der Waals surface area contributed by atoms with E-state index in [4.69, 9.17) is 10.5 Å². The topological polar surface area (TPSA) is 58.7 Å². The minimum absolute atomic E-state index is 0.272. The molecule has 4 nitrogen and oxygen atoms in total. The molecular formula is C15H24N2O2. The zero-order valence-corrected chi connectivity index (χ0v) is 11.7. The molecular weight excluding hydrogens is 240 g/mol. The Kier molecular flexibility index (Phi) is 4.80. The minimum Gasteiger partial charge on any atom is -0.399 e. The first-order valence-corrected chi connectivity index (χ1v) is 6.96. The Hall–Kier alpha value is -1.10. The van der Waals surface area contributed by atoms with E-state index in [1.807, 2.05) is 24.3 Å². The van der Waals surface area contributed by atoms with Crippen molar-refractivity contribution in [3.63, 3.8) is 0 Å². The molecule has 0 radical (unpaired) electrons. The van der Waals surface area contributed by atoms with Gasteiger partial charge < -0.3 is 15.6 Å². The predicted molar refractivity (Wildman–Crippen MR) is 76.9 cm³/mol. The normalized spacial score (nSPS) is 26.3. The van der Waals surface area contributed by atoms with Crippen molar-refractivity contribution in [2.24, 2.45) is 0 Å². The average Bonchev–Trinajstić information content (AvgIpc) is 2.35. The maximum absolute atomic E-state index is 10.2. The standard InChI is InChI=1S/C15H24N2O2/c1-11-9-17(10-12(2)19-11)7-6-15(18)13-4-3-5-14(16)8-13/h3-5,8,11-12,15,18H,6-7,9-10,16H2,1-2H3. The molecule has 0 saturated carbocycles. The number of rotatable bonds is 4. The van der Waals surface area contributed by atoms with Crippen LogP contribution in [0.5, 0.6) is 0 Å². The number of ether oxygens (including phenoxy) is 1. The summed E-state index contributed by atoms with van der Waals surface area (Å²) in [7, 11) is 0. The molecule has 1 heterocycles. The summed E-state index contributed by atoms with van der Waals surface area (Å²) in [4.78, 5) is 2.36. The SMILES string of the molecule is CC1CN(CCC(O)c2cccc(N)c2)CC(C)O1. The molecule has 0 aromatic heterocycles. The van der Waals surface area contributed by atoms with E-state index in [1.54, 1.807) is 0 Å². The number of aliphatic hydroxyl groups excluding tert-OH is 1. The third kappa shape index (κ3) is 4.20. The van der Waals surface area contributed by atoms with Gasteiger partial charge in [0.1, 0.15) is 0 Å². The molecule has 0 bridgehead atoms. The van der Waals surface area contributed by atoms with Crippen molar-refractivity contribution in [1.29, 1.82) is 0 Å². The minimum atomic E-state index is -0.447. The maximum atomic E-state index is 10.2. The number of nitrogens with zero attached hydrogens (tertiary/aromatic N) is 1. The molecule has 1 aliphatic rings. The lowest BCUT2D eigenvalue weighted by Crippen LogP contribution is -2.45. The van der Waals surface area contributed by atoms with Crippen molar-refractivity contribution in [1.82, 2.24) is 4.90 Å². The molecule has 0 spiro atoms. The van der Waals surface area contributed by atoms with Gasteiger partial charge in [0.25, 0.3) is 0 Å². The van der Waals surface area contributed by atoms with E-state index in [1.165, 1.54) is 0 Å². The molecule has 1 saturated heterocycles. The number of aliphatic hydroxyl groups is 1. The van der Waals surface area contributed by atoms with E-state index < -0.39 is 6.10 Å². The lowest BCUT2D eigenvalue weighted by molar-refractivity contribution is -0.0702. The van der Waals surface area contributed by atoms with Gasteiger partial charge in [0.2, 0.25) is 0 Å². The first-order valence-electron chi connectivity index (χ1n) is 6.96. The summed E-state index contributed by atoms with van der Waals surface area (Å²) in [6, 6.07) is 7.48. The number of nitrogen functional groups attached to an aromatic ring is 1. The first-order chi connectivity index (χ1) is 9.04. The van der Waals surface area contributed by atoms with E-state index in [0.29, 0.717) is 5.69 Å². The van der Waals surface area contributed by atoms with E-state index in [2.05, 4.69) is 18.7 Å². The van der Waals surface area contributed by atoms with Crippen molar-refractivity contribution in [2.45, 2.75) is 38.6 Å². The fourth-order valence-electron chi connectivity index (χ4n) is 2.70. The van der Waals surface area contributed by atoms with Gasteiger partial charge in [-0.15, -0.1) is 0 Å². The summed E-state index contributed by atoms with van der Waals surface area (Å²) in [5.74, 6) is 0. The van der Waals surface area contributed by atoms with Gasteiger partial charge in [0.15, 0.2) is 0 Å². The molecule has 0 amide bonds. The Morgan fingerprint density at radius 1 is 1.37 bits per heavy atom. The molecule has 0 aliphatic carbocycles. The number of nitrogens with two attached hydrogens (primary N) is 1. The molecule has 19 heavy (non-hydrogen) atoms. The van der Waals surface area contributed by atoms with Crippen LogP contribution in [0.4, 0.5) is 5.69 Å². The maximum Gasteiger partial charge on any atom is 0.0803 e. The second-order valence-electron chi connectivity index (χ2n) is 5.49. The lowest BCUT2D eigenvalue weighted by Gasteiger charge is -2.35. The molecule has 4 heteroatoms. The molecule has 1 aliphatic heterocycles. The van der Waals surface area contributed by atoms with Gasteiger partial charge >= 0.3 is 0 Å². The Morgan fingerprint density at radius 2 is 2.05 bits per heavy atom. The Balaban J connectivity index is 1.84. The van der Waals surface area contributed by atoms with Gasteiger partial charge in [-0.05, 0) is 38.0 Å². The summed E-state index contributed by atoms with van der Waals surface area (Å²) in [5.41, 5.74) is 7.33. The van der Waals surface area contributed by atoms with Crippen molar-refractivity contribution in [3.8, 4) is 0 Å². The summed E-state index contributed by atoms with van der Waals surface area (Å²) >= 11 is 0.